The van der Waals surface area contributed by atoms with Crippen molar-refractivity contribution in [2.45, 2.75) is 87.4 Å². The van der Waals surface area contributed by atoms with Gasteiger partial charge in [-0.25, -0.2) is 13.5 Å². The first-order valence-corrected chi connectivity index (χ1v) is 14.1. The molecule has 0 radical (unpaired) electrons. The molecule has 1 spiro atoms. The second kappa shape index (κ2) is 7.26. The maximum atomic E-state index is 13.3. The number of sulfonamides is 1. The van der Waals surface area contributed by atoms with E-state index in [9.17, 15) is 8.42 Å². The summed E-state index contributed by atoms with van der Waals surface area (Å²) in [6, 6.07) is 3.14. The molecular formula is C24H32N6O2S. The van der Waals surface area contributed by atoms with Gasteiger partial charge in [0.1, 0.15) is 0 Å². The lowest BCUT2D eigenvalue weighted by molar-refractivity contribution is -0.0542. The van der Waals surface area contributed by atoms with Gasteiger partial charge in [-0.2, -0.15) is 9.29 Å². The molecule has 1 aromatic heterocycles. The lowest BCUT2D eigenvalue weighted by atomic mass is 9.76. The van der Waals surface area contributed by atoms with Crippen molar-refractivity contribution in [2.24, 2.45) is 0 Å². The number of hydrogen-bond donors (Lipinski definition) is 2. The molecule has 9 heteroatoms. The number of piperidine rings is 1. The van der Waals surface area contributed by atoms with Crippen LogP contribution in [0.5, 0.6) is 0 Å². The fraction of sp³-hybridized carbons (Fsp3) is 0.667. The van der Waals surface area contributed by atoms with E-state index in [1.165, 1.54) is 60.9 Å². The predicted octanol–water partition coefficient (Wildman–Crippen LogP) is 2.92. The Balaban J connectivity index is 1.10. The summed E-state index contributed by atoms with van der Waals surface area (Å²) in [5.41, 5.74) is 6.97. The zero-order chi connectivity index (χ0) is 22.2. The molecule has 5 aliphatic rings. The summed E-state index contributed by atoms with van der Waals surface area (Å²) in [5.74, 6) is 0.357. The van der Waals surface area contributed by atoms with Gasteiger partial charge in [0.2, 0.25) is 5.95 Å². The number of benzene rings is 1. The lowest BCUT2D eigenvalue weighted by Gasteiger charge is -2.56. The van der Waals surface area contributed by atoms with E-state index in [0.717, 1.165) is 50.3 Å². The number of nitrogens with one attached hydrogen (secondary N) is 2. The average Bonchev–Trinajstić information content (AvgIpc) is 3.21. The second-order valence-electron chi connectivity index (χ2n) is 10.6. The highest BCUT2D eigenvalue weighted by Crippen LogP contribution is 2.47. The number of likely N-dealkylation sites (tertiary alicyclic amines) is 1. The number of anilines is 2. The van der Waals surface area contributed by atoms with Crippen LogP contribution < -0.4 is 5.32 Å². The zero-order valence-corrected chi connectivity index (χ0v) is 19.9. The van der Waals surface area contributed by atoms with Gasteiger partial charge in [-0.3, -0.25) is 4.90 Å². The van der Waals surface area contributed by atoms with Crippen LogP contribution in [0.2, 0.25) is 0 Å². The number of H-pyrrole nitrogens is 1. The van der Waals surface area contributed by atoms with Gasteiger partial charge in [0.15, 0.2) is 0 Å². The minimum atomic E-state index is -3.67. The molecule has 0 atom stereocenters. The number of rotatable bonds is 5. The van der Waals surface area contributed by atoms with Crippen molar-refractivity contribution in [2.75, 3.05) is 25.0 Å². The molecule has 0 bridgehead atoms. The van der Waals surface area contributed by atoms with Gasteiger partial charge in [-0.1, -0.05) is 6.07 Å². The van der Waals surface area contributed by atoms with Crippen molar-refractivity contribution in [1.29, 1.82) is 0 Å². The summed E-state index contributed by atoms with van der Waals surface area (Å²) in [7, 11) is -3.67. The van der Waals surface area contributed by atoms with Crippen LogP contribution in [0.4, 0.5) is 11.6 Å². The fourth-order valence-corrected chi connectivity index (χ4v) is 8.08. The van der Waals surface area contributed by atoms with E-state index in [1.807, 2.05) is 0 Å². The molecular weight excluding hydrogens is 436 g/mol. The van der Waals surface area contributed by atoms with Crippen LogP contribution >= 0.6 is 0 Å². The Labute approximate surface area is 195 Å². The first kappa shape index (κ1) is 20.4. The topological polar surface area (TPSA) is 94.2 Å². The SMILES string of the molecule is O=S(=O)(c1nc(Nc2c3c(cc4c2CCC4)CCC3)n[nH]1)N1CCC2(CCN2C2CC2)CC1. The number of fused-ring (bicyclic) bond motifs is 2. The first-order chi connectivity index (χ1) is 16.0. The van der Waals surface area contributed by atoms with E-state index in [4.69, 9.17) is 0 Å². The van der Waals surface area contributed by atoms with E-state index < -0.39 is 10.0 Å². The highest BCUT2D eigenvalue weighted by molar-refractivity contribution is 7.88. The molecule has 2 saturated heterocycles. The average molecular weight is 469 g/mol. The Hall–Kier alpha value is -1.97. The normalized spacial score (nSPS) is 24.6. The third-order valence-electron chi connectivity index (χ3n) is 8.83. The molecule has 1 saturated carbocycles. The molecule has 176 valence electrons. The van der Waals surface area contributed by atoms with Gasteiger partial charge in [-0.15, -0.1) is 5.10 Å². The summed E-state index contributed by atoms with van der Waals surface area (Å²) in [6.45, 7) is 2.31. The van der Waals surface area contributed by atoms with Crippen LogP contribution in [0.15, 0.2) is 11.2 Å². The zero-order valence-electron chi connectivity index (χ0n) is 19.1. The predicted molar refractivity (Wildman–Crippen MR) is 125 cm³/mol. The second-order valence-corrected chi connectivity index (χ2v) is 12.5. The van der Waals surface area contributed by atoms with Crippen molar-refractivity contribution in [1.82, 2.24) is 24.4 Å². The minimum absolute atomic E-state index is 0.0437. The van der Waals surface area contributed by atoms with Crippen LogP contribution in [0.3, 0.4) is 0 Å². The monoisotopic (exact) mass is 468 g/mol. The molecule has 3 fully saturated rings. The van der Waals surface area contributed by atoms with Gasteiger partial charge >= 0.3 is 0 Å². The molecule has 3 aliphatic carbocycles. The standard InChI is InChI=1S/C24H32N6O2S/c31-33(32,29-12-9-24(10-13-29)11-14-30(24)18-7-8-18)23-26-22(27-28-23)25-21-19-5-1-3-16(19)15-17-4-2-6-20(17)21/h15,18H,1-14H2,(H2,25,26,27,28). The van der Waals surface area contributed by atoms with Gasteiger partial charge in [-0.05, 0) is 92.9 Å². The quantitative estimate of drug-likeness (QED) is 0.701. The number of aromatic amines is 1. The van der Waals surface area contributed by atoms with Crippen LogP contribution in [-0.2, 0) is 35.7 Å². The van der Waals surface area contributed by atoms with Gasteiger partial charge < -0.3 is 5.32 Å². The summed E-state index contributed by atoms with van der Waals surface area (Å²) in [6.07, 6.45) is 12.4. The maximum absolute atomic E-state index is 13.3. The molecule has 8 nitrogen and oxygen atoms in total. The van der Waals surface area contributed by atoms with Crippen molar-refractivity contribution in [3.8, 4) is 0 Å². The van der Waals surface area contributed by atoms with Crippen molar-refractivity contribution < 1.29 is 8.42 Å². The molecule has 2 aliphatic heterocycles. The molecule has 0 unspecified atom stereocenters. The van der Waals surface area contributed by atoms with E-state index in [-0.39, 0.29) is 10.7 Å². The van der Waals surface area contributed by atoms with Gasteiger partial charge in [0, 0.05) is 36.9 Å². The molecule has 3 heterocycles. The molecule has 7 rings (SSSR count). The summed E-state index contributed by atoms with van der Waals surface area (Å²) >= 11 is 0. The Morgan fingerprint density at radius 3 is 2.24 bits per heavy atom. The largest absolute Gasteiger partial charge is 0.322 e. The summed E-state index contributed by atoms with van der Waals surface area (Å²) < 4.78 is 28.2. The van der Waals surface area contributed by atoms with Crippen molar-refractivity contribution in [3.63, 3.8) is 0 Å². The van der Waals surface area contributed by atoms with Crippen LogP contribution in [0.1, 0.15) is 67.2 Å². The van der Waals surface area contributed by atoms with E-state index in [2.05, 4.69) is 31.5 Å². The molecule has 2 N–H and O–H groups in total. The summed E-state index contributed by atoms with van der Waals surface area (Å²) in [5, 5.41) is 10.4. The molecule has 1 aromatic carbocycles. The minimum Gasteiger partial charge on any atom is -0.322 e. The Morgan fingerprint density at radius 2 is 1.64 bits per heavy atom. The van der Waals surface area contributed by atoms with Crippen molar-refractivity contribution in [3.05, 3.63) is 28.3 Å². The van der Waals surface area contributed by atoms with Crippen LogP contribution in [0.25, 0.3) is 0 Å². The Morgan fingerprint density at radius 1 is 0.970 bits per heavy atom. The van der Waals surface area contributed by atoms with Crippen LogP contribution in [0, 0.1) is 0 Å². The highest BCUT2D eigenvalue weighted by atomic mass is 32.2. The molecule has 33 heavy (non-hydrogen) atoms. The fourth-order valence-electron chi connectivity index (χ4n) is 6.81. The molecule has 2 aromatic rings. The van der Waals surface area contributed by atoms with E-state index in [1.54, 1.807) is 4.31 Å². The third kappa shape index (κ3) is 3.19. The van der Waals surface area contributed by atoms with Gasteiger partial charge in [0.05, 0.1) is 0 Å². The van der Waals surface area contributed by atoms with Gasteiger partial charge in [0.25, 0.3) is 15.2 Å². The van der Waals surface area contributed by atoms with Crippen LogP contribution in [-0.4, -0.2) is 64.0 Å². The molecule has 0 amide bonds. The Bertz CT molecular complexity index is 1180. The van der Waals surface area contributed by atoms with E-state index in [0.29, 0.717) is 19.0 Å². The Kier molecular flexibility index (Phi) is 4.49. The third-order valence-corrected chi connectivity index (χ3v) is 10.5. The van der Waals surface area contributed by atoms with Crippen molar-refractivity contribution >= 4 is 21.7 Å². The van der Waals surface area contributed by atoms with E-state index >= 15 is 0 Å². The highest BCUT2D eigenvalue weighted by Gasteiger charge is 2.52. The number of aryl methyl sites for hydroxylation is 2. The number of nitrogens with zero attached hydrogens (tertiary/aromatic N) is 4. The lowest BCUT2D eigenvalue weighted by Crippen LogP contribution is -2.65. The number of aromatic nitrogens is 3. The summed E-state index contributed by atoms with van der Waals surface area (Å²) in [4.78, 5) is 7.05. The smallest absolute Gasteiger partial charge is 0.278 e. The number of hydrogen-bond acceptors (Lipinski definition) is 6. The first-order valence-electron chi connectivity index (χ1n) is 12.7. The maximum Gasteiger partial charge on any atom is 0.278 e.